The fourth-order valence-electron chi connectivity index (χ4n) is 5.08. The summed E-state index contributed by atoms with van der Waals surface area (Å²) >= 11 is 6.23. The molecule has 0 bridgehead atoms. The summed E-state index contributed by atoms with van der Waals surface area (Å²) in [6, 6.07) is 40.8. The van der Waals surface area contributed by atoms with Gasteiger partial charge in [-0.3, -0.25) is 19.1 Å². The van der Waals surface area contributed by atoms with E-state index in [0.29, 0.717) is 39.1 Å². The maximum Gasteiger partial charge on any atom is 0.297 e. The number of ether oxygens (including phenoxy) is 1. The molecule has 1 amide bonds. The highest BCUT2D eigenvalue weighted by Crippen LogP contribution is 2.34. The molecule has 6 aromatic rings. The van der Waals surface area contributed by atoms with E-state index in [0.717, 1.165) is 5.56 Å². The lowest BCUT2D eigenvalue weighted by Crippen LogP contribution is -2.40. The zero-order valence-corrected chi connectivity index (χ0v) is 24.5. The number of benzene rings is 5. The van der Waals surface area contributed by atoms with Crippen molar-refractivity contribution in [3.63, 3.8) is 0 Å². The normalized spacial score (nSPS) is 11.5. The highest BCUT2D eigenvalue weighted by atomic mass is 35.5. The van der Waals surface area contributed by atoms with Gasteiger partial charge in [-0.05, 0) is 54.1 Å². The van der Waals surface area contributed by atoms with Crippen LogP contribution in [-0.2, 0) is 0 Å². The van der Waals surface area contributed by atoms with Crippen molar-refractivity contribution in [1.29, 1.82) is 0 Å². The van der Waals surface area contributed by atoms with Crippen molar-refractivity contribution in [2.75, 3.05) is 12.0 Å². The summed E-state index contributed by atoms with van der Waals surface area (Å²) in [5.41, 5.74) is 3.01. The van der Waals surface area contributed by atoms with Crippen LogP contribution in [0.3, 0.4) is 0 Å². The summed E-state index contributed by atoms with van der Waals surface area (Å²) in [5, 5.41) is 9.45. The molecule has 5 aromatic carbocycles. The molecule has 0 N–H and O–H groups in total. The van der Waals surface area contributed by atoms with Gasteiger partial charge in [0.25, 0.3) is 5.91 Å². The van der Waals surface area contributed by atoms with E-state index in [9.17, 15) is 9.59 Å². The number of carbonyl (C=O) groups excluding carboxylic acids is 2. The molecule has 0 fully saturated rings. The van der Waals surface area contributed by atoms with Gasteiger partial charge in [-0.2, -0.15) is 0 Å². The Morgan fingerprint density at radius 1 is 0.727 bits per heavy atom. The molecular weight excluding hydrogens is 572 g/mol. The topological polar surface area (TPSA) is 77.3 Å². The highest BCUT2D eigenvalue weighted by Gasteiger charge is 2.37. The lowest BCUT2D eigenvalue weighted by molar-refractivity contribution is 0.0890. The second-order valence-electron chi connectivity index (χ2n) is 9.94. The molecule has 1 aromatic heterocycles. The Morgan fingerprint density at radius 2 is 1.32 bits per heavy atom. The van der Waals surface area contributed by atoms with E-state index in [1.54, 1.807) is 84.5 Å². The van der Waals surface area contributed by atoms with Crippen molar-refractivity contribution < 1.29 is 14.3 Å². The minimum atomic E-state index is -1.02. The van der Waals surface area contributed by atoms with Crippen molar-refractivity contribution in [3.8, 4) is 22.8 Å². The molecule has 0 saturated heterocycles. The average Bonchev–Trinajstić information content (AvgIpc) is 3.53. The van der Waals surface area contributed by atoms with Crippen molar-refractivity contribution in [2.45, 2.75) is 6.04 Å². The van der Waals surface area contributed by atoms with Gasteiger partial charge in [0.2, 0.25) is 5.82 Å². The third kappa shape index (κ3) is 5.73. The van der Waals surface area contributed by atoms with Gasteiger partial charge >= 0.3 is 0 Å². The summed E-state index contributed by atoms with van der Waals surface area (Å²) in [5.74, 6) is 0.350. The maximum atomic E-state index is 14.9. The fraction of sp³-hybridized carbons (Fsp3) is 0.0556. The molecular formula is C36H27ClN4O3. The molecule has 0 aliphatic heterocycles. The minimum absolute atomic E-state index is 0.0313. The Morgan fingerprint density at radius 3 is 1.93 bits per heavy atom. The summed E-state index contributed by atoms with van der Waals surface area (Å²) in [6.45, 7) is 0. The number of aromatic nitrogens is 3. The van der Waals surface area contributed by atoms with Crippen LogP contribution in [0.1, 0.15) is 32.6 Å². The number of carbonyl (C=O) groups is 2. The van der Waals surface area contributed by atoms with Crippen LogP contribution in [0.2, 0.25) is 5.02 Å². The fourth-order valence-corrected chi connectivity index (χ4v) is 5.21. The molecule has 0 radical (unpaired) electrons. The number of amides is 1. The molecule has 1 atom stereocenters. The second-order valence-corrected chi connectivity index (χ2v) is 10.4. The average molecular weight is 599 g/mol. The molecule has 0 aliphatic rings. The van der Waals surface area contributed by atoms with Crippen LogP contribution in [0, 0.1) is 0 Å². The number of rotatable bonds is 9. The predicted octanol–water partition coefficient (Wildman–Crippen LogP) is 7.87. The lowest BCUT2D eigenvalue weighted by atomic mass is 9.95. The number of halogens is 1. The zero-order valence-electron chi connectivity index (χ0n) is 23.7. The van der Waals surface area contributed by atoms with Gasteiger partial charge in [-0.25, -0.2) is 0 Å². The highest BCUT2D eigenvalue weighted by molar-refractivity contribution is 6.30. The van der Waals surface area contributed by atoms with E-state index in [1.165, 1.54) is 4.90 Å². The Labute approximate surface area is 260 Å². The van der Waals surface area contributed by atoms with E-state index in [4.69, 9.17) is 16.3 Å². The second kappa shape index (κ2) is 12.8. The summed E-state index contributed by atoms with van der Waals surface area (Å²) in [7, 11) is 1.57. The largest absolute Gasteiger partial charge is 0.497 e. The van der Waals surface area contributed by atoms with Crippen molar-refractivity contribution in [1.82, 2.24) is 14.8 Å². The van der Waals surface area contributed by atoms with Gasteiger partial charge in [-0.15, -0.1) is 10.2 Å². The Bertz CT molecular complexity index is 1880. The number of Topliss-reactive ketones (excluding diaryl/α,β-unsaturated/α-hetero) is 1. The molecule has 7 nitrogen and oxygen atoms in total. The Hall–Kier alpha value is -5.53. The first kappa shape index (κ1) is 28.6. The molecule has 0 saturated carbocycles. The van der Waals surface area contributed by atoms with Crippen LogP contribution >= 0.6 is 11.6 Å². The summed E-state index contributed by atoms with van der Waals surface area (Å²) < 4.78 is 7.08. The molecule has 6 rings (SSSR count). The van der Waals surface area contributed by atoms with Gasteiger partial charge in [0.1, 0.15) is 11.8 Å². The maximum absolute atomic E-state index is 14.9. The third-order valence-corrected chi connectivity index (χ3v) is 7.47. The predicted molar refractivity (Wildman–Crippen MR) is 172 cm³/mol. The first-order chi connectivity index (χ1) is 21.5. The monoisotopic (exact) mass is 598 g/mol. The number of anilines is 1. The van der Waals surface area contributed by atoms with Gasteiger partial charge < -0.3 is 4.74 Å². The Kier molecular flexibility index (Phi) is 8.30. The molecule has 44 heavy (non-hydrogen) atoms. The standard InChI is InChI=1S/C36H27ClN4O3/c1-44-31-23-21-29(22-24-31)40(32(25-11-5-2-6-12-25)33(42)26-13-7-3-8-14-26)36(43)35-39-38-34(27-15-9-4-10-16-27)41(35)30-19-17-28(37)18-20-30/h2-24,32H,1H3. The van der Waals surface area contributed by atoms with Crippen LogP contribution in [0.5, 0.6) is 5.75 Å². The van der Waals surface area contributed by atoms with E-state index in [2.05, 4.69) is 10.2 Å². The molecule has 1 unspecified atom stereocenters. The van der Waals surface area contributed by atoms with E-state index >= 15 is 0 Å². The Balaban J connectivity index is 1.58. The van der Waals surface area contributed by atoms with E-state index < -0.39 is 11.9 Å². The smallest absolute Gasteiger partial charge is 0.297 e. The molecule has 0 aliphatic carbocycles. The van der Waals surface area contributed by atoms with Gasteiger partial charge in [0.05, 0.1) is 7.11 Å². The third-order valence-electron chi connectivity index (χ3n) is 7.22. The van der Waals surface area contributed by atoms with E-state index in [1.807, 2.05) is 66.7 Å². The minimum Gasteiger partial charge on any atom is -0.497 e. The van der Waals surface area contributed by atoms with Crippen molar-refractivity contribution in [3.05, 3.63) is 162 Å². The molecule has 0 spiro atoms. The number of hydrogen-bond acceptors (Lipinski definition) is 5. The van der Waals surface area contributed by atoms with Gasteiger partial charge in [0, 0.05) is 27.5 Å². The zero-order chi connectivity index (χ0) is 30.5. The molecule has 8 heteroatoms. The van der Waals surface area contributed by atoms with Crippen LogP contribution in [0.4, 0.5) is 5.69 Å². The number of methoxy groups -OCH3 is 1. The molecule has 216 valence electrons. The number of hydrogen-bond donors (Lipinski definition) is 0. The quantitative estimate of drug-likeness (QED) is 0.158. The van der Waals surface area contributed by atoms with Crippen LogP contribution in [0.15, 0.2) is 140 Å². The lowest BCUT2D eigenvalue weighted by Gasteiger charge is -2.31. The van der Waals surface area contributed by atoms with Crippen LogP contribution in [0.25, 0.3) is 17.1 Å². The first-order valence-electron chi connectivity index (χ1n) is 13.9. The SMILES string of the molecule is COc1ccc(N(C(=O)c2nnc(-c3ccccc3)n2-c2ccc(Cl)cc2)C(C(=O)c2ccccc2)c2ccccc2)cc1. The molecule has 1 heterocycles. The van der Waals surface area contributed by atoms with Crippen molar-refractivity contribution >= 4 is 29.0 Å². The van der Waals surface area contributed by atoms with Gasteiger partial charge in [0.15, 0.2) is 11.6 Å². The summed E-state index contributed by atoms with van der Waals surface area (Å²) in [4.78, 5) is 30.8. The number of ketones is 1. The van der Waals surface area contributed by atoms with Crippen molar-refractivity contribution in [2.24, 2.45) is 0 Å². The van der Waals surface area contributed by atoms with Gasteiger partial charge in [-0.1, -0.05) is 103 Å². The van der Waals surface area contributed by atoms with Crippen LogP contribution in [-0.4, -0.2) is 33.6 Å². The number of nitrogens with zero attached hydrogens (tertiary/aromatic N) is 4. The first-order valence-corrected chi connectivity index (χ1v) is 14.3. The van der Waals surface area contributed by atoms with E-state index in [-0.39, 0.29) is 11.6 Å². The van der Waals surface area contributed by atoms with Crippen LogP contribution < -0.4 is 9.64 Å². The summed E-state index contributed by atoms with van der Waals surface area (Å²) in [6.07, 6.45) is 0.